The highest BCUT2D eigenvalue weighted by atomic mass is 16.5. The quantitative estimate of drug-likeness (QED) is 0.466. The molecule has 160 valence electrons. The highest BCUT2D eigenvalue weighted by Gasteiger charge is 2.36. The van der Waals surface area contributed by atoms with E-state index < -0.39 is 11.9 Å². The Hall–Kier alpha value is -3.61. The highest BCUT2D eigenvalue weighted by molar-refractivity contribution is 6.10. The maximum atomic E-state index is 12.7. The molecule has 1 unspecified atom stereocenters. The number of anilines is 1. The van der Waals surface area contributed by atoms with Crippen molar-refractivity contribution in [2.75, 3.05) is 24.7 Å². The minimum atomic E-state index is -0.601. The normalized spacial score (nSPS) is 16.0. The zero-order chi connectivity index (χ0) is 22.0. The number of aromatic amines is 1. The number of benzene rings is 2. The number of ether oxygens (including phenoxy) is 2. The number of rotatable bonds is 7. The largest absolute Gasteiger partial charge is 0.494 e. The predicted molar refractivity (Wildman–Crippen MR) is 116 cm³/mol. The summed E-state index contributed by atoms with van der Waals surface area (Å²) in [6, 6.07) is 14.7. The van der Waals surface area contributed by atoms with E-state index in [9.17, 15) is 14.4 Å². The van der Waals surface area contributed by atoms with Crippen LogP contribution in [0.1, 0.15) is 29.4 Å². The SMILES string of the molecule is CCOc1ccc(N2CC(C(=O)OCC(=O)c3c(C)[nH]c4ccccc34)CC2=O)cc1. The van der Waals surface area contributed by atoms with Crippen molar-refractivity contribution in [2.45, 2.75) is 20.3 Å². The summed E-state index contributed by atoms with van der Waals surface area (Å²) in [4.78, 5) is 42.4. The summed E-state index contributed by atoms with van der Waals surface area (Å²) < 4.78 is 10.7. The Morgan fingerprint density at radius 1 is 1.13 bits per heavy atom. The number of H-pyrrole nitrogens is 1. The Bertz CT molecular complexity index is 1130. The molecule has 0 saturated carbocycles. The molecule has 31 heavy (non-hydrogen) atoms. The van der Waals surface area contributed by atoms with Gasteiger partial charge in [-0.15, -0.1) is 0 Å². The van der Waals surface area contributed by atoms with Crippen LogP contribution in [0.5, 0.6) is 5.75 Å². The van der Waals surface area contributed by atoms with Gasteiger partial charge in [0.05, 0.1) is 12.5 Å². The van der Waals surface area contributed by atoms with E-state index in [2.05, 4.69) is 4.98 Å². The van der Waals surface area contributed by atoms with Crippen LogP contribution in [-0.2, 0) is 14.3 Å². The molecule has 1 aliphatic heterocycles. The van der Waals surface area contributed by atoms with Crippen LogP contribution in [0.4, 0.5) is 5.69 Å². The second-order valence-electron chi connectivity index (χ2n) is 7.53. The van der Waals surface area contributed by atoms with Gasteiger partial charge in [0.15, 0.2) is 6.61 Å². The number of esters is 1. The molecular formula is C24H24N2O5. The predicted octanol–water partition coefficient (Wildman–Crippen LogP) is 3.65. The van der Waals surface area contributed by atoms with E-state index in [0.29, 0.717) is 17.9 Å². The van der Waals surface area contributed by atoms with E-state index in [1.807, 2.05) is 38.1 Å². The fourth-order valence-corrected chi connectivity index (χ4v) is 3.97. The number of carbonyl (C=O) groups is 3. The number of hydrogen-bond donors (Lipinski definition) is 1. The van der Waals surface area contributed by atoms with Crippen molar-refractivity contribution in [1.82, 2.24) is 4.98 Å². The first-order valence-corrected chi connectivity index (χ1v) is 10.3. The van der Waals surface area contributed by atoms with Crippen LogP contribution < -0.4 is 9.64 Å². The molecule has 2 aromatic carbocycles. The molecule has 1 aliphatic rings. The molecule has 7 heteroatoms. The Kier molecular flexibility index (Phi) is 5.75. The third kappa shape index (κ3) is 4.17. The first-order valence-electron chi connectivity index (χ1n) is 10.3. The minimum Gasteiger partial charge on any atom is -0.494 e. The van der Waals surface area contributed by atoms with Crippen LogP contribution in [-0.4, -0.2) is 42.4 Å². The zero-order valence-corrected chi connectivity index (χ0v) is 17.5. The molecule has 1 fully saturated rings. The molecule has 0 spiro atoms. The first kappa shape index (κ1) is 20.7. The number of nitrogens with zero attached hydrogens (tertiary/aromatic N) is 1. The van der Waals surface area contributed by atoms with Crippen LogP contribution in [0.15, 0.2) is 48.5 Å². The van der Waals surface area contributed by atoms with Crippen molar-refractivity contribution < 1.29 is 23.9 Å². The number of aromatic nitrogens is 1. The van der Waals surface area contributed by atoms with E-state index in [0.717, 1.165) is 22.3 Å². The Labute approximate surface area is 179 Å². The third-order valence-corrected chi connectivity index (χ3v) is 5.44. The third-order valence-electron chi connectivity index (χ3n) is 5.44. The van der Waals surface area contributed by atoms with Crippen LogP contribution in [0, 0.1) is 12.8 Å². The number of ketones is 1. The molecule has 1 saturated heterocycles. The molecule has 1 aromatic heterocycles. The lowest BCUT2D eigenvalue weighted by Gasteiger charge is -2.17. The number of hydrogen-bond acceptors (Lipinski definition) is 5. The smallest absolute Gasteiger partial charge is 0.311 e. The molecule has 0 bridgehead atoms. The molecule has 2 heterocycles. The Morgan fingerprint density at radius 2 is 1.87 bits per heavy atom. The van der Waals surface area contributed by atoms with Crippen molar-refractivity contribution in [2.24, 2.45) is 5.92 Å². The van der Waals surface area contributed by atoms with Crippen molar-refractivity contribution in [3.8, 4) is 5.75 Å². The summed E-state index contributed by atoms with van der Waals surface area (Å²) in [5, 5.41) is 0.804. The van der Waals surface area contributed by atoms with Gasteiger partial charge in [0.1, 0.15) is 5.75 Å². The molecule has 7 nitrogen and oxygen atoms in total. The average Bonchev–Trinajstić information content (AvgIpc) is 3.32. The number of amides is 1. The summed E-state index contributed by atoms with van der Waals surface area (Å²) in [7, 11) is 0. The van der Waals surface area contributed by atoms with Crippen LogP contribution >= 0.6 is 0 Å². The lowest BCUT2D eigenvalue weighted by Crippen LogP contribution is -2.27. The monoisotopic (exact) mass is 420 g/mol. The van der Waals surface area contributed by atoms with Gasteiger partial charge in [0, 0.05) is 40.8 Å². The van der Waals surface area contributed by atoms with Crippen LogP contribution in [0.3, 0.4) is 0 Å². The lowest BCUT2D eigenvalue weighted by molar-refractivity contribution is -0.147. The number of Topliss-reactive ketones (excluding diaryl/α,β-unsaturated/α-hetero) is 1. The molecule has 1 N–H and O–H groups in total. The van der Waals surface area contributed by atoms with Gasteiger partial charge in [-0.05, 0) is 44.2 Å². The summed E-state index contributed by atoms with van der Waals surface area (Å²) in [5.74, 6) is -0.829. The average molecular weight is 420 g/mol. The van der Waals surface area contributed by atoms with Gasteiger partial charge < -0.3 is 19.4 Å². The molecule has 1 amide bonds. The van der Waals surface area contributed by atoms with E-state index in [4.69, 9.17) is 9.47 Å². The number of fused-ring (bicyclic) bond motifs is 1. The summed E-state index contributed by atoms with van der Waals surface area (Å²) >= 11 is 0. The van der Waals surface area contributed by atoms with Gasteiger partial charge in [-0.2, -0.15) is 0 Å². The van der Waals surface area contributed by atoms with Gasteiger partial charge >= 0.3 is 5.97 Å². The van der Waals surface area contributed by atoms with E-state index in [-0.39, 0.29) is 31.3 Å². The molecule has 0 radical (unpaired) electrons. The molecule has 0 aliphatic carbocycles. The standard InChI is InChI=1S/C24H24N2O5/c1-3-30-18-10-8-17(9-11-18)26-13-16(12-22(26)28)24(29)31-14-21(27)23-15(2)25-20-7-5-4-6-19(20)23/h4-11,16,25H,3,12-14H2,1-2H3. The van der Waals surface area contributed by atoms with E-state index in [1.165, 1.54) is 0 Å². The second-order valence-corrected chi connectivity index (χ2v) is 7.53. The van der Waals surface area contributed by atoms with E-state index in [1.54, 1.807) is 29.2 Å². The first-order chi connectivity index (χ1) is 15.0. The number of nitrogens with one attached hydrogen (secondary N) is 1. The van der Waals surface area contributed by atoms with Crippen LogP contribution in [0.25, 0.3) is 10.9 Å². The number of para-hydroxylation sites is 1. The second kappa shape index (κ2) is 8.63. The summed E-state index contributed by atoms with van der Waals surface area (Å²) in [6.07, 6.45) is 0.0619. The fourth-order valence-electron chi connectivity index (χ4n) is 3.97. The maximum absolute atomic E-state index is 12.7. The Balaban J connectivity index is 1.38. The number of carbonyl (C=O) groups excluding carboxylic acids is 3. The molecule has 1 atom stereocenters. The van der Waals surface area contributed by atoms with Crippen molar-refractivity contribution in [3.63, 3.8) is 0 Å². The minimum absolute atomic E-state index is 0.0619. The van der Waals surface area contributed by atoms with Crippen molar-refractivity contribution >= 4 is 34.3 Å². The van der Waals surface area contributed by atoms with Gasteiger partial charge in [-0.25, -0.2) is 0 Å². The lowest BCUT2D eigenvalue weighted by atomic mass is 10.1. The number of aryl methyl sites for hydroxylation is 1. The van der Waals surface area contributed by atoms with Crippen molar-refractivity contribution in [3.05, 3.63) is 59.8 Å². The van der Waals surface area contributed by atoms with E-state index >= 15 is 0 Å². The molecule has 3 aromatic rings. The van der Waals surface area contributed by atoms with Crippen molar-refractivity contribution in [1.29, 1.82) is 0 Å². The summed E-state index contributed by atoms with van der Waals surface area (Å²) in [5.41, 5.74) is 2.83. The fraction of sp³-hybridized carbons (Fsp3) is 0.292. The van der Waals surface area contributed by atoms with Gasteiger partial charge in [0.2, 0.25) is 11.7 Å². The van der Waals surface area contributed by atoms with Crippen LogP contribution in [0.2, 0.25) is 0 Å². The topological polar surface area (TPSA) is 88.7 Å². The summed E-state index contributed by atoms with van der Waals surface area (Å²) in [6.45, 7) is 4.16. The van der Waals surface area contributed by atoms with Gasteiger partial charge in [-0.3, -0.25) is 14.4 Å². The zero-order valence-electron chi connectivity index (χ0n) is 17.5. The molecular weight excluding hydrogens is 396 g/mol. The maximum Gasteiger partial charge on any atom is 0.311 e. The van der Waals surface area contributed by atoms with Gasteiger partial charge in [-0.1, -0.05) is 18.2 Å². The van der Waals surface area contributed by atoms with Gasteiger partial charge in [0.25, 0.3) is 0 Å². The molecule has 4 rings (SSSR count). The highest BCUT2D eigenvalue weighted by Crippen LogP contribution is 2.28. The Morgan fingerprint density at radius 3 is 2.61 bits per heavy atom.